The highest BCUT2D eigenvalue weighted by Crippen LogP contribution is 2.34. The van der Waals surface area contributed by atoms with Crippen molar-refractivity contribution in [3.8, 4) is 23.0 Å². The van der Waals surface area contributed by atoms with Gasteiger partial charge in [0, 0.05) is 11.3 Å². The first-order chi connectivity index (χ1) is 16.2. The highest BCUT2D eigenvalue weighted by Gasteiger charge is 2.16. The molecule has 4 rings (SSSR count). The number of rotatable bonds is 5. The number of hydrogen-bond donors (Lipinski definition) is 3. The van der Waals surface area contributed by atoms with E-state index in [0.29, 0.717) is 34.0 Å². The van der Waals surface area contributed by atoms with Gasteiger partial charge in [-0.1, -0.05) is 6.07 Å². The van der Waals surface area contributed by atoms with Gasteiger partial charge in [0.2, 0.25) is 5.89 Å². The molecule has 3 aromatic carbocycles. The van der Waals surface area contributed by atoms with Gasteiger partial charge in [-0.3, -0.25) is 10.1 Å². The van der Waals surface area contributed by atoms with Crippen LogP contribution in [0, 0.1) is 13.8 Å². The molecule has 0 bridgehead atoms. The molecular weight excluding hydrogens is 450 g/mol. The molecule has 34 heavy (non-hydrogen) atoms. The molecule has 1 heterocycles. The SMILES string of the molecule is Cc1cc(C)c2oc(-c3cc(NC(=S)NC(=O)c4ccc(OC(C)C)cc4)ccc3O)nc2c1. The van der Waals surface area contributed by atoms with E-state index in [-0.39, 0.29) is 22.9 Å². The molecule has 7 nitrogen and oxygen atoms in total. The van der Waals surface area contributed by atoms with Gasteiger partial charge in [0.15, 0.2) is 10.7 Å². The van der Waals surface area contributed by atoms with E-state index in [1.54, 1.807) is 36.4 Å². The van der Waals surface area contributed by atoms with Gasteiger partial charge in [-0.15, -0.1) is 0 Å². The van der Waals surface area contributed by atoms with Crippen molar-refractivity contribution in [2.75, 3.05) is 5.32 Å². The number of phenols is 1. The van der Waals surface area contributed by atoms with Crippen LogP contribution in [0.1, 0.15) is 35.3 Å². The molecule has 0 aliphatic rings. The number of aromatic nitrogens is 1. The minimum absolute atomic E-state index is 0.0186. The lowest BCUT2D eigenvalue weighted by Crippen LogP contribution is -2.34. The second-order valence-corrected chi connectivity index (χ2v) is 8.69. The van der Waals surface area contributed by atoms with Gasteiger partial charge in [-0.25, -0.2) is 4.98 Å². The predicted octanol–water partition coefficient (Wildman–Crippen LogP) is 5.73. The van der Waals surface area contributed by atoms with Crippen LogP contribution in [0.25, 0.3) is 22.6 Å². The molecule has 0 atom stereocenters. The van der Waals surface area contributed by atoms with Crippen molar-refractivity contribution in [3.63, 3.8) is 0 Å². The first-order valence-electron chi connectivity index (χ1n) is 10.8. The minimum atomic E-state index is -0.350. The third-order valence-electron chi connectivity index (χ3n) is 5.02. The van der Waals surface area contributed by atoms with Gasteiger partial charge in [0.25, 0.3) is 5.91 Å². The normalized spacial score (nSPS) is 11.0. The molecule has 0 unspecified atom stereocenters. The smallest absolute Gasteiger partial charge is 0.257 e. The van der Waals surface area contributed by atoms with E-state index >= 15 is 0 Å². The number of nitrogens with one attached hydrogen (secondary N) is 2. The van der Waals surface area contributed by atoms with Crippen LogP contribution < -0.4 is 15.4 Å². The summed E-state index contributed by atoms with van der Waals surface area (Å²) in [5.74, 6) is 0.652. The molecule has 8 heteroatoms. The van der Waals surface area contributed by atoms with Gasteiger partial charge in [0.05, 0.1) is 11.7 Å². The lowest BCUT2D eigenvalue weighted by Gasteiger charge is -2.12. The van der Waals surface area contributed by atoms with Crippen LogP contribution in [0.15, 0.2) is 59.0 Å². The van der Waals surface area contributed by atoms with Gasteiger partial charge in [0.1, 0.15) is 17.0 Å². The molecule has 0 fully saturated rings. The summed E-state index contributed by atoms with van der Waals surface area (Å²) >= 11 is 5.30. The predicted molar refractivity (Wildman–Crippen MR) is 136 cm³/mol. The molecule has 0 aliphatic heterocycles. The number of thiocarbonyl (C=S) groups is 1. The zero-order valence-corrected chi connectivity index (χ0v) is 20.1. The van der Waals surface area contributed by atoms with E-state index in [1.165, 1.54) is 6.07 Å². The fraction of sp³-hybridized carbons (Fsp3) is 0.192. The van der Waals surface area contributed by atoms with Gasteiger partial charge in [-0.05, 0) is 99.6 Å². The van der Waals surface area contributed by atoms with Crippen LogP contribution in [-0.2, 0) is 0 Å². The fourth-order valence-corrected chi connectivity index (χ4v) is 3.78. The first kappa shape index (κ1) is 23.3. The second kappa shape index (κ2) is 9.52. The number of phenolic OH excluding ortho intramolecular Hbond substituents is 1. The summed E-state index contributed by atoms with van der Waals surface area (Å²) in [4.78, 5) is 17.1. The summed E-state index contributed by atoms with van der Waals surface area (Å²) in [6.07, 6.45) is 0.0505. The largest absolute Gasteiger partial charge is 0.507 e. The van der Waals surface area contributed by atoms with E-state index in [2.05, 4.69) is 15.6 Å². The molecule has 0 aliphatic carbocycles. The van der Waals surface area contributed by atoms with E-state index in [4.69, 9.17) is 21.4 Å². The Morgan fingerprint density at radius 2 is 1.82 bits per heavy atom. The van der Waals surface area contributed by atoms with Crippen molar-refractivity contribution in [2.24, 2.45) is 0 Å². The van der Waals surface area contributed by atoms with Crippen molar-refractivity contribution in [1.29, 1.82) is 0 Å². The van der Waals surface area contributed by atoms with Gasteiger partial charge in [-0.2, -0.15) is 0 Å². The third-order valence-corrected chi connectivity index (χ3v) is 5.22. The molecule has 0 saturated carbocycles. The Hall–Kier alpha value is -3.91. The average molecular weight is 476 g/mol. The molecule has 1 aromatic heterocycles. The summed E-state index contributed by atoms with van der Waals surface area (Å²) in [6.45, 7) is 7.82. The van der Waals surface area contributed by atoms with E-state index in [9.17, 15) is 9.90 Å². The van der Waals surface area contributed by atoms with Crippen molar-refractivity contribution in [3.05, 3.63) is 71.3 Å². The Kier molecular flexibility index (Phi) is 6.51. The van der Waals surface area contributed by atoms with Crippen molar-refractivity contribution < 1.29 is 19.1 Å². The Morgan fingerprint density at radius 3 is 2.53 bits per heavy atom. The van der Waals surface area contributed by atoms with E-state index in [0.717, 1.165) is 16.6 Å². The number of hydrogen-bond acceptors (Lipinski definition) is 6. The fourth-order valence-electron chi connectivity index (χ4n) is 3.57. The summed E-state index contributed by atoms with van der Waals surface area (Å²) < 4.78 is 11.5. The standard InChI is InChI=1S/C26H25N3O4S/c1-14(2)32-19-8-5-17(6-9-19)24(31)29-26(34)27-18-7-10-22(30)20(13-18)25-28-21-12-15(3)11-16(4)23(21)33-25/h5-14,30H,1-4H3,(H2,27,29,31,34). The number of carbonyl (C=O) groups is 1. The number of aromatic hydroxyl groups is 1. The van der Waals surface area contributed by atoms with Crippen LogP contribution in [-0.4, -0.2) is 27.2 Å². The number of anilines is 1. The molecule has 0 spiro atoms. The van der Waals surface area contributed by atoms with Crippen LogP contribution in [0.5, 0.6) is 11.5 Å². The van der Waals surface area contributed by atoms with E-state index < -0.39 is 0 Å². The number of oxazole rings is 1. The molecule has 0 saturated heterocycles. The molecule has 1 amide bonds. The second-order valence-electron chi connectivity index (χ2n) is 8.28. The summed E-state index contributed by atoms with van der Waals surface area (Å²) in [6, 6.07) is 15.6. The highest BCUT2D eigenvalue weighted by molar-refractivity contribution is 7.80. The zero-order chi connectivity index (χ0) is 24.4. The lowest BCUT2D eigenvalue weighted by molar-refractivity contribution is 0.0977. The molecule has 3 N–H and O–H groups in total. The maximum Gasteiger partial charge on any atom is 0.257 e. The quantitative estimate of drug-likeness (QED) is 0.250. The average Bonchev–Trinajstić information content (AvgIpc) is 3.19. The summed E-state index contributed by atoms with van der Waals surface area (Å²) in [5, 5.41) is 16.1. The number of aryl methyl sites for hydroxylation is 2. The Labute approximate surface area is 202 Å². The number of ether oxygens (including phenoxy) is 1. The Bertz CT molecular complexity index is 1380. The van der Waals surface area contributed by atoms with Crippen LogP contribution in [0.2, 0.25) is 0 Å². The monoisotopic (exact) mass is 475 g/mol. The molecular formula is C26H25N3O4S. The first-order valence-corrected chi connectivity index (χ1v) is 11.2. The number of fused-ring (bicyclic) bond motifs is 1. The van der Waals surface area contributed by atoms with Crippen LogP contribution in [0.4, 0.5) is 5.69 Å². The van der Waals surface area contributed by atoms with Crippen molar-refractivity contribution >= 4 is 40.0 Å². The number of carbonyl (C=O) groups excluding carboxylic acids is 1. The maximum atomic E-state index is 12.5. The highest BCUT2D eigenvalue weighted by atomic mass is 32.1. The van der Waals surface area contributed by atoms with E-state index in [1.807, 2.05) is 39.8 Å². The molecule has 4 aromatic rings. The minimum Gasteiger partial charge on any atom is -0.507 e. The lowest BCUT2D eigenvalue weighted by atomic mass is 10.1. The zero-order valence-electron chi connectivity index (χ0n) is 19.3. The number of benzene rings is 3. The Balaban J connectivity index is 1.48. The van der Waals surface area contributed by atoms with Crippen molar-refractivity contribution in [1.82, 2.24) is 10.3 Å². The van der Waals surface area contributed by atoms with Gasteiger partial charge >= 0.3 is 0 Å². The number of amides is 1. The third kappa shape index (κ3) is 5.18. The summed E-state index contributed by atoms with van der Waals surface area (Å²) in [5.41, 5.74) is 4.86. The maximum absolute atomic E-state index is 12.5. The Morgan fingerprint density at radius 1 is 1.09 bits per heavy atom. The molecule has 0 radical (unpaired) electrons. The topological polar surface area (TPSA) is 96.6 Å². The summed E-state index contributed by atoms with van der Waals surface area (Å²) in [7, 11) is 0. The number of nitrogens with zero attached hydrogens (tertiary/aromatic N) is 1. The van der Waals surface area contributed by atoms with Crippen molar-refractivity contribution in [2.45, 2.75) is 33.8 Å². The van der Waals surface area contributed by atoms with Crippen LogP contribution >= 0.6 is 12.2 Å². The van der Waals surface area contributed by atoms with Crippen LogP contribution in [0.3, 0.4) is 0 Å². The molecule has 174 valence electrons. The van der Waals surface area contributed by atoms with Gasteiger partial charge < -0.3 is 19.6 Å².